The normalized spacial score (nSPS) is 16.7. The van der Waals surface area contributed by atoms with Crippen LogP contribution in [0.4, 0.5) is 14.5 Å². The number of anilines is 1. The van der Waals surface area contributed by atoms with Crippen LogP contribution >= 0.6 is 0 Å². The molecule has 1 amide bonds. The van der Waals surface area contributed by atoms with Crippen molar-refractivity contribution < 1.29 is 13.6 Å². The minimum Gasteiger partial charge on any atom is -0.365 e. The third-order valence-electron chi connectivity index (χ3n) is 6.92. The van der Waals surface area contributed by atoms with E-state index in [9.17, 15) is 14.0 Å². The van der Waals surface area contributed by atoms with Gasteiger partial charge in [0.15, 0.2) is 5.82 Å². The predicted molar refractivity (Wildman–Crippen MR) is 130 cm³/mol. The number of aryl methyl sites for hydroxylation is 1. The SMILES string of the molecule is Cc1cnn2c1c(=O)[nH]c1c(F)c(CN3CCN(c4ccc(C(=O)NC5CC5)nc4F)CC3)ccc12. The highest BCUT2D eigenvalue weighted by atomic mass is 19.1. The topological polar surface area (TPSA) is 98.6 Å². The van der Waals surface area contributed by atoms with Crippen molar-refractivity contribution >= 4 is 28.1 Å². The molecule has 6 rings (SSSR count). The number of pyridine rings is 1. The number of piperazine rings is 1. The number of carbonyl (C=O) groups excluding carboxylic acids is 1. The largest absolute Gasteiger partial charge is 0.365 e. The number of halogens is 2. The number of amides is 1. The maximum absolute atomic E-state index is 15.4. The highest BCUT2D eigenvalue weighted by molar-refractivity contribution is 5.92. The minimum atomic E-state index is -0.670. The van der Waals surface area contributed by atoms with Crippen LogP contribution in [0.2, 0.25) is 0 Å². The van der Waals surface area contributed by atoms with Crippen molar-refractivity contribution in [3.05, 3.63) is 69.4 Å². The van der Waals surface area contributed by atoms with Gasteiger partial charge in [0.2, 0.25) is 5.95 Å². The average Bonchev–Trinajstić information content (AvgIpc) is 3.60. The van der Waals surface area contributed by atoms with Gasteiger partial charge in [-0.2, -0.15) is 9.49 Å². The van der Waals surface area contributed by atoms with Gasteiger partial charge in [0.1, 0.15) is 16.7 Å². The number of aromatic amines is 1. The summed E-state index contributed by atoms with van der Waals surface area (Å²) in [6.07, 6.45) is 3.49. The van der Waals surface area contributed by atoms with E-state index in [1.165, 1.54) is 4.52 Å². The van der Waals surface area contributed by atoms with Gasteiger partial charge in [-0.15, -0.1) is 0 Å². The Bertz CT molecular complexity index is 1550. The number of nitrogens with zero attached hydrogens (tertiary/aromatic N) is 5. The molecule has 0 bridgehead atoms. The molecule has 2 N–H and O–H groups in total. The molecule has 4 aromatic rings. The molecule has 0 unspecified atom stereocenters. The molecule has 11 heteroatoms. The smallest absolute Gasteiger partial charge is 0.274 e. The fourth-order valence-electron chi connectivity index (χ4n) is 4.75. The number of aromatic nitrogens is 4. The summed E-state index contributed by atoms with van der Waals surface area (Å²) in [7, 11) is 0. The van der Waals surface area contributed by atoms with Crippen LogP contribution < -0.4 is 15.8 Å². The fraction of sp³-hybridized carbons (Fsp3) is 0.360. The summed E-state index contributed by atoms with van der Waals surface area (Å²) < 4.78 is 31.6. The van der Waals surface area contributed by atoms with Crippen molar-refractivity contribution in [2.75, 3.05) is 31.1 Å². The van der Waals surface area contributed by atoms with Gasteiger partial charge in [0.05, 0.1) is 17.4 Å². The molecule has 1 aliphatic carbocycles. The van der Waals surface area contributed by atoms with Crippen LogP contribution in [0, 0.1) is 18.7 Å². The lowest BCUT2D eigenvalue weighted by Crippen LogP contribution is -2.46. The van der Waals surface area contributed by atoms with Crippen molar-refractivity contribution in [1.29, 1.82) is 0 Å². The molecule has 0 radical (unpaired) electrons. The molecule has 4 heterocycles. The van der Waals surface area contributed by atoms with Gasteiger partial charge in [-0.05, 0) is 38.0 Å². The molecule has 1 aliphatic heterocycles. The van der Waals surface area contributed by atoms with Gasteiger partial charge < -0.3 is 15.2 Å². The highest BCUT2D eigenvalue weighted by Crippen LogP contribution is 2.24. The number of nitrogens with one attached hydrogen (secondary N) is 2. The Morgan fingerprint density at radius 1 is 1.14 bits per heavy atom. The molecule has 2 aliphatic rings. The second kappa shape index (κ2) is 8.66. The minimum absolute atomic E-state index is 0.0779. The monoisotopic (exact) mass is 493 g/mol. The summed E-state index contributed by atoms with van der Waals surface area (Å²) in [5.74, 6) is -1.50. The molecule has 3 aromatic heterocycles. The number of H-pyrrole nitrogens is 1. The first-order valence-corrected chi connectivity index (χ1v) is 12.0. The number of fused-ring (bicyclic) bond motifs is 3. The molecule has 9 nitrogen and oxygen atoms in total. The van der Waals surface area contributed by atoms with E-state index in [-0.39, 0.29) is 28.7 Å². The van der Waals surface area contributed by atoms with Gasteiger partial charge >= 0.3 is 0 Å². The van der Waals surface area contributed by atoms with E-state index in [1.807, 2.05) is 4.90 Å². The van der Waals surface area contributed by atoms with E-state index in [2.05, 4.69) is 25.3 Å². The molecule has 36 heavy (non-hydrogen) atoms. The third kappa shape index (κ3) is 3.98. The van der Waals surface area contributed by atoms with E-state index in [1.54, 1.807) is 37.4 Å². The molecule has 1 saturated carbocycles. The predicted octanol–water partition coefficient (Wildman–Crippen LogP) is 2.37. The number of rotatable bonds is 5. The lowest BCUT2D eigenvalue weighted by Gasteiger charge is -2.36. The molecule has 1 aromatic carbocycles. The van der Waals surface area contributed by atoms with E-state index in [4.69, 9.17) is 0 Å². The Kier molecular flexibility index (Phi) is 5.44. The zero-order valence-corrected chi connectivity index (χ0v) is 19.7. The van der Waals surface area contributed by atoms with Crippen LogP contribution in [-0.2, 0) is 6.54 Å². The number of carbonyl (C=O) groups is 1. The Morgan fingerprint density at radius 3 is 2.64 bits per heavy atom. The zero-order chi connectivity index (χ0) is 25.0. The van der Waals surface area contributed by atoms with Gasteiger partial charge in [0, 0.05) is 49.9 Å². The zero-order valence-electron chi connectivity index (χ0n) is 19.7. The summed E-state index contributed by atoms with van der Waals surface area (Å²) in [6.45, 7) is 4.39. The molecular weight excluding hydrogens is 468 g/mol. The van der Waals surface area contributed by atoms with Crippen LogP contribution in [0.1, 0.15) is 34.5 Å². The Morgan fingerprint density at radius 2 is 1.92 bits per heavy atom. The van der Waals surface area contributed by atoms with Crippen molar-refractivity contribution in [1.82, 2.24) is 29.8 Å². The van der Waals surface area contributed by atoms with Crippen molar-refractivity contribution in [3.8, 4) is 0 Å². The van der Waals surface area contributed by atoms with Crippen LogP contribution in [0.3, 0.4) is 0 Å². The van der Waals surface area contributed by atoms with Crippen LogP contribution in [0.25, 0.3) is 16.6 Å². The molecule has 186 valence electrons. The molecule has 2 fully saturated rings. The highest BCUT2D eigenvalue weighted by Gasteiger charge is 2.26. The first-order chi connectivity index (χ1) is 17.4. The van der Waals surface area contributed by atoms with Gasteiger partial charge in [0.25, 0.3) is 11.5 Å². The standard InChI is InChI=1S/C25H25F2N7O2/c1-14-12-28-34-18-6-2-15(20(26)21(18)31-25(36)22(14)34)13-32-8-10-33(11-9-32)19-7-5-17(30-23(19)27)24(35)29-16-3-4-16/h2,5-7,12,16H,3-4,8-11,13H2,1H3,(H,29,35)(H,31,36). The second-order valence-electron chi connectivity index (χ2n) is 9.49. The van der Waals surface area contributed by atoms with Gasteiger partial charge in [-0.25, -0.2) is 13.9 Å². The van der Waals surface area contributed by atoms with Gasteiger partial charge in [-0.1, -0.05) is 6.07 Å². The summed E-state index contributed by atoms with van der Waals surface area (Å²) in [6, 6.07) is 6.80. The quantitative estimate of drug-likeness (QED) is 0.415. The lowest BCUT2D eigenvalue weighted by atomic mass is 10.1. The maximum atomic E-state index is 15.4. The average molecular weight is 494 g/mol. The lowest BCUT2D eigenvalue weighted by molar-refractivity contribution is 0.0945. The first kappa shape index (κ1) is 22.6. The van der Waals surface area contributed by atoms with E-state index < -0.39 is 11.8 Å². The van der Waals surface area contributed by atoms with E-state index >= 15 is 4.39 Å². The van der Waals surface area contributed by atoms with Crippen LogP contribution in [0.5, 0.6) is 0 Å². The third-order valence-corrected chi connectivity index (χ3v) is 6.92. The Hall–Kier alpha value is -3.86. The molecule has 0 atom stereocenters. The summed E-state index contributed by atoms with van der Waals surface area (Å²) in [5.41, 5.74) is 2.28. The van der Waals surface area contributed by atoms with Crippen LogP contribution in [-0.4, -0.2) is 62.6 Å². The van der Waals surface area contributed by atoms with E-state index in [0.717, 1.165) is 18.4 Å². The van der Waals surface area contributed by atoms with Crippen molar-refractivity contribution in [2.45, 2.75) is 32.4 Å². The summed E-state index contributed by atoms with van der Waals surface area (Å²) in [5, 5.41) is 7.03. The summed E-state index contributed by atoms with van der Waals surface area (Å²) in [4.78, 5) is 35.1. The Labute approximate surface area is 204 Å². The van der Waals surface area contributed by atoms with Gasteiger partial charge in [-0.3, -0.25) is 14.5 Å². The number of hydrogen-bond donors (Lipinski definition) is 2. The molecular formula is C25H25F2N7O2. The summed E-state index contributed by atoms with van der Waals surface area (Å²) >= 11 is 0. The number of hydrogen-bond acceptors (Lipinski definition) is 6. The van der Waals surface area contributed by atoms with E-state index in [0.29, 0.717) is 55.0 Å². The second-order valence-corrected chi connectivity index (χ2v) is 9.49. The molecule has 1 saturated heterocycles. The van der Waals surface area contributed by atoms with Crippen molar-refractivity contribution in [2.24, 2.45) is 0 Å². The maximum Gasteiger partial charge on any atom is 0.274 e. The van der Waals surface area contributed by atoms with Crippen molar-refractivity contribution in [3.63, 3.8) is 0 Å². The number of benzene rings is 1. The molecule has 0 spiro atoms. The Balaban J connectivity index is 1.15. The van der Waals surface area contributed by atoms with Crippen LogP contribution in [0.15, 0.2) is 35.3 Å². The first-order valence-electron chi connectivity index (χ1n) is 12.0. The fourth-order valence-corrected chi connectivity index (χ4v) is 4.75.